The highest BCUT2D eigenvalue weighted by molar-refractivity contribution is 14.1. The predicted octanol–water partition coefficient (Wildman–Crippen LogP) is 2.67. The van der Waals surface area contributed by atoms with E-state index in [1.165, 1.54) is 0 Å². The fourth-order valence-electron chi connectivity index (χ4n) is 0.933. The van der Waals surface area contributed by atoms with Gasteiger partial charge in [-0.15, -0.1) is 0 Å². The Morgan fingerprint density at radius 1 is 1.62 bits per heavy atom. The van der Waals surface area contributed by atoms with Crippen molar-refractivity contribution in [1.29, 1.82) is 0 Å². The zero-order valence-electron chi connectivity index (χ0n) is 6.71. The van der Waals surface area contributed by atoms with E-state index in [0.29, 0.717) is 10.6 Å². The molecule has 0 aliphatic carbocycles. The van der Waals surface area contributed by atoms with Gasteiger partial charge < -0.3 is 5.11 Å². The highest BCUT2D eigenvalue weighted by Gasteiger charge is 2.09. The second-order valence-corrected chi connectivity index (χ2v) is 4.45. The van der Waals surface area contributed by atoms with Crippen molar-refractivity contribution in [2.24, 2.45) is 0 Å². The van der Waals surface area contributed by atoms with Gasteiger partial charge in [0.2, 0.25) is 0 Å². The van der Waals surface area contributed by atoms with Crippen LogP contribution < -0.4 is 0 Å². The molecular formula is C9H8ClIO2. The minimum absolute atomic E-state index is 0.0931. The Labute approximate surface area is 95.0 Å². The van der Waals surface area contributed by atoms with Crippen molar-refractivity contribution in [1.82, 2.24) is 0 Å². The maximum atomic E-state index is 11.4. The molecule has 0 amide bonds. The summed E-state index contributed by atoms with van der Waals surface area (Å²) in [6.07, 6.45) is 0.126. The van der Waals surface area contributed by atoms with E-state index in [2.05, 4.69) is 0 Å². The van der Waals surface area contributed by atoms with Crippen LogP contribution in [0.4, 0.5) is 0 Å². The van der Waals surface area contributed by atoms with Crippen LogP contribution in [0, 0.1) is 0 Å². The molecule has 0 spiro atoms. The predicted molar refractivity (Wildman–Crippen MR) is 60.4 cm³/mol. The number of aliphatic hydroxyl groups is 1. The maximum absolute atomic E-state index is 11.4. The first kappa shape index (κ1) is 10.9. The van der Waals surface area contributed by atoms with E-state index in [4.69, 9.17) is 16.7 Å². The molecule has 1 atom stereocenters. The Morgan fingerprint density at radius 2 is 2.31 bits per heavy atom. The average molecular weight is 311 g/mol. The molecule has 0 bridgehead atoms. The van der Waals surface area contributed by atoms with Gasteiger partial charge in [0.15, 0.2) is 5.78 Å². The van der Waals surface area contributed by atoms with Gasteiger partial charge >= 0.3 is 0 Å². The minimum Gasteiger partial charge on any atom is -0.382 e. The summed E-state index contributed by atoms with van der Waals surface area (Å²) >= 11 is 7.50. The van der Waals surface area contributed by atoms with E-state index >= 15 is 0 Å². The van der Waals surface area contributed by atoms with Crippen molar-refractivity contribution in [2.75, 3.05) is 0 Å². The lowest BCUT2D eigenvalue weighted by Gasteiger charge is -2.02. The molecule has 1 N–H and O–H groups in total. The SMILES string of the molecule is O=C(CC(O)I)c1cccc(Cl)c1. The molecule has 1 aromatic carbocycles. The molecule has 0 aliphatic heterocycles. The van der Waals surface area contributed by atoms with E-state index < -0.39 is 4.11 Å². The summed E-state index contributed by atoms with van der Waals surface area (Å²) in [5.41, 5.74) is 0.545. The topological polar surface area (TPSA) is 37.3 Å². The molecule has 4 heteroatoms. The molecule has 1 aromatic rings. The molecule has 13 heavy (non-hydrogen) atoms. The Kier molecular flexibility index (Phi) is 4.15. The summed E-state index contributed by atoms with van der Waals surface area (Å²) in [4.78, 5) is 11.4. The van der Waals surface area contributed by atoms with Gasteiger partial charge in [0.05, 0.1) is 0 Å². The number of ketones is 1. The zero-order valence-corrected chi connectivity index (χ0v) is 9.62. The van der Waals surface area contributed by atoms with Crippen molar-refractivity contribution < 1.29 is 9.90 Å². The number of halogens is 2. The molecule has 0 saturated heterocycles. The van der Waals surface area contributed by atoms with Crippen LogP contribution in [0.5, 0.6) is 0 Å². The number of Topliss-reactive ketones (excluding diaryl/α,β-unsaturated/α-hetero) is 1. The van der Waals surface area contributed by atoms with Crippen LogP contribution in [0.25, 0.3) is 0 Å². The third-order valence-corrected chi connectivity index (χ3v) is 2.18. The van der Waals surface area contributed by atoms with Gasteiger partial charge in [0.1, 0.15) is 4.11 Å². The summed E-state index contributed by atoms with van der Waals surface area (Å²) in [6.45, 7) is 0. The third kappa shape index (κ3) is 3.62. The third-order valence-electron chi connectivity index (χ3n) is 1.50. The van der Waals surface area contributed by atoms with E-state index in [1.807, 2.05) is 0 Å². The van der Waals surface area contributed by atoms with Crippen molar-refractivity contribution in [2.45, 2.75) is 10.5 Å². The van der Waals surface area contributed by atoms with Crippen LogP contribution in [-0.2, 0) is 0 Å². The molecule has 0 heterocycles. The number of hydrogen-bond acceptors (Lipinski definition) is 2. The van der Waals surface area contributed by atoms with Gasteiger partial charge in [-0.05, 0) is 12.1 Å². The monoisotopic (exact) mass is 310 g/mol. The van der Waals surface area contributed by atoms with Gasteiger partial charge in [-0.25, -0.2) is 0 Å². The smallest absolute Gasteiger partial charge is 0.166 e. The van der Waals surface area contributed by atoms with Gasteiger partial charge in [0.25, 0.3) is 0 Å². The molecule has 0 saturated carbocycles. The summed E-state index contributed by atoms with van der Waals surface area (Å²) < 4.78 is -0.635. The number of alkyl halides is 1. The van der Waals surface area contributed by atoms with Gasteiger partial charge in [-0.1, -0.05) is 46.3 Å². The highest BCUT2D eigenvalue weighted by atomic mass is 127. The number of aliphatic hydroxyl groups excluding tert-OH is 1. The van der Waals surface area contributed by atoms with E-state index in [0.717, 1.165) is 0 Å². The molecule has 0 fully saturated rings. The van der Waals surface area contributed by atoms with Crippen LogP contribution in [0.2, 0.25) is 5.02 Å². The number of carbonyl (C=O) groups excluding carboxylic acids is 1. The molecule has 0 radical (unpaired) electrons. The number of rotatable bonds is 3. The van der Waals surface area contributed by atoms with Crippen LogP contribution in [0.1, 0.15) is 16.8 Å². The molecule has 1 unspecified atom stereocenters. The molecule has 1 rings (SSSR count). The first-order valence-electron chi connectivity index (χ1n) is 3.70. The van der Waals surface area contributed by atoms with Crippen LogP contribution in [-0.4, -0.2) is 15.0 Å². The molecule has 0 aliphatic rings. The Morgan fingerprint density at radius 3 is 2.85 bits per heavy atom. The van der Waals surface area contributed by atoms with Crippen molar-refractivity contribution >= 4 is 40.0 Å². The van der Waals surface area contributed by atoms with Crippen LogP contribution >= 0.6 is 34.2 Å². The largest absolute Gasteiger partial charge is 0.382 e. The summed E-state index contributed by atoms with van der Waals surface area (Å²) in [6, 6.07) is 6.71. The Hall–Kier alpha value is -0.130. The second-order valence-electron chi connectivity index (χ2n) is 2.57. The fraction of sp³-hybridized carbons (Fsp3) is 0.222. The quantitative estimate of drug-likeness (QED) is 0.529. The fourth-order valence-corrected chi connectivity index (χ4v) is 1.52. The number of benzene rings is 1. The Bertz CT molecular complexity index is 312. The van der Waals surface area contributed by atoms with Gasteiger partial charge in [-0.3, -0.25) is 4.79 Å². The van der Waals surface area contributed by atoms with Gasteiger partial charge in [0, 0.05) is 17.0 Å². The number of carbonyl (C=O) groups is 1. The van der Waals surface area contributed by atoms with E-state index in [1.54, 1.807) is 46.9 Å². The molecule has 2 nitrogen and oxygen atoms in total. The minimum atomic E-state index is -0.635. The van der Waals surface area contributed by atoms with E-state index in [9.17, 15) is 4.79 Å². The summed E-state index contributed by atoms with van der Waals surface area (Å²) in [5.74, 6) is -0.0931. The van der Waals surface area contributed by atoms with Crippen LogP contribution in [0.15, 0.2) is 24.3 Å². The summed E-state index contributed by atoms with van der Waals surface area (Å²) in [7, 11) is 0. The second kappa shape index (κ2) is 4.93. The molecule has 70 valence electrons. The molecule has 0 aromatic heterocycles. The first-order chi connectivity index (χ1) is 6.09. The lowest BCUT2D eigenvalue weighted by atomic mass is 10.1. The normalized spacial score (nSPS) is 12.5. The molecular weight excluding hydrogens is 302 g/mol. The lowest BCUT2D eigenvalue weighted by Crippen LogP contribution is -2.06. The summed E-state index contributed by atoms with van der Waals surface area (Å²) in [5, 5.41) is 9.52. The maximum Gasteiger partial charge on any atom is 0.166 e. The average Bonchev–Trinajstić information content (AvgIpc) is 2.03. The first-order valence-corrected chi connectivity index (χ1v) is 5.33. The Balaban J connectivity index is 2.77. The van der Waals surface area contributed by atoms with Crippen molar-refractivity contribution in [3.05, 3.63) is 34.9 Å². The van der Waals surface area contributed by atoms with Gasteiger partial charge in [-0.2, -0.15) is 0 Å². The zero-order chi connectivity index (χ0) is 9.84. The van der Waals surface area contributed by atoms with Crippen molar-refractivity contribution in [3.63, 3.8) is 0 Å². The highest BCUT2D eigenvalue weighted by Crippen LogP contribution is 2.14. The van der Waals surface area contributed by atoms with Crippen LogP contribution in [0.3, 0.4) is 0 Å². The number of hydrogen-bond donors (Lipinski definition) is 1. The van der Waals surface area contributed by atoms with Crippen molar-refractivity contribution in [3.8, 4) is 0 Å². The standard InChI is InChI=1S/C9H8ClIO2/c10-7-3-1-2-6(4-7)8(12)5-9(11)13/h1-4,9,13H,5H2. The lowest BCUT2D eigenvalue weighted by molar-refractivity contribution is 0.0950. The van der Waals surface area contributed by atoms with E-state index in [-0.39, 0.29) is 12.2 Å².